The predicted octanol–water partition coefficient (Wildman–Crippen LogP) is 6.91. The number of nitrogens with zero attached hydrogens (tertiary/aromatic N) is 1. The molecule has 48 heavy (non-hydrogen) atoms. The first kappa shape index (κ1) is 42.2. The van der Waals surface area contributed by atoms with E-state index in [1.54, 1.807) is 0 Å². The maximum absolute atomic E-state index is 12.8. The molecule has 0 aromatic heterocycles. The highest BCUT2D eigenvalue weighted by Crippen LogP contribution is 2.37. The van der Waals surface area contributed by atoms with Crippen molar-refractivity contribution in [2.75, 3.05) is 19.6 Å². The van der Waals surface area contributed by atoms with Crippen LogP contribution in [-0.2, 0) is 25.7 Å². The van der Waals surface area contributed by atoms with Crippen LogP contribution in [0, 0.1) is 0 Å². The van der Waals surface area contributed by atoms with Gasteiger partial charge in [0.2, 0.25) is 11.6 Å². The number of nitrogens with two attached hydrogens (primary N) is 1. The number of carbonyl (C=O) groups excluding carboxylic acids is 1. The quantitative estimate of drug-likeness (QED) is 0.132. The first-order valence-corrected chi connectivity index (χ1v) is 18.4. The number of piperidine rings is 1. The van der Waals surface area contributed by atoms with Gasteiger partial charge in [0.25, 0.3) is 0 Å². The Hall–Kier alpha value is -1.99. The predicted molar refractivity (Wildman–Crippen MR) is 189 cm³/mol. The molecule has 14 heteroatoms. The lowest BCUT2D eigenvalue weighted by Gasteiger charge is -2.29. The molecule has 272 valence electrons. The lowest BCUT2D eigenvalue weighted by atomic mass is 10.1. The summed E-state index contributed by atoms with van der Waals surface area (Å²) in [4.78, 5) is 44.2. The summed E-state index contributed by atoms with van der Waals surface area (Å²) < 4.78 is 12.3. The number of rotatable bonds is 9. The van der Waals surface area contributed by atoms with Gasteiger partial charge in [-0.1, -0.05) is 65.3 Å². The zero-order valence-corrected chi connectivity index (χ0v) is 30.6. The zero-order valence-electron chi connectivity index (χ0n) is 27.5. The molecule has 5 rings (SSSR count). The maximum atomic E-state index is 12.8. The monoisotopic (exact) mass is 781 g/mol. The summed E-state index contributed by atoms with van der Waals surface area (Å²) in [5, 5.41) is 29.5. The number of alkyl halides is 3. The van der Waals surface area contributed by atoms with Crippen LogP contribution < -0.4 is 11.1 Å². The first-order chi connectivity index (χ1) is 22.6. The Morgan fingerprint density at radius 3 is 1.73 bits per heavy atom. The number of hydrogen-bond acceptors (Lipinski definition) is 6. The number of hydrogen-bond donors (Lipinski definition) is 5. The molecule has 1 aromatic rings. The van der Waals surface area contributed by atoms with Crippen molar-refractivity contribution in [1.82, 2.24) is 10.2 Å². The molecule has 1 saturated heterocycles. The molecule has 1 atom stereocenters. The second kappa shape index (κ2) is 20.6. The van der Waals surface area contributed by atoms with Gasteiger partial charge in [-0.25, -0.2) is 9.18 Å². The fraction of sp³-hybridized carbons (Fsp3) is 0.706. The van der Waals surface area contributed by atoms with Crippen molar-refractivity contribution < 1.29 is 38.9 Å². The Morgan fingerprint density at radius 2 is 1.31 bits per heavy atom. The number of halogens is 4. The molecule has 1 amide bonds. The number of carboxylic acids is 3. The zero-order chi connectivity index (χ0) is 35.8. The second-order valence-corrected chi connectivity index (χ2v) is 15.7. The third-order valence-electron chi connectivity index (χ3n) is 9.20. The van der Waals surface area contributed by atoms with E-state index in [0.29, 0.717) is 32.1 Å². The summed E-state index contributed by atoms with van der Waals surface area (Å²) in [5.41, 5.74) is 5.29. The number of carbonyl (C=O) groups is 4. The van der Waals surface area contributed by atoms with Crippen molar-refractivity contribution in [2.24, 2.45) is 5.73 Å². The minimum Gasteiger partial charge on any atom is -0.480 e. The van der Waals surface area contributed by atoms with Crippen molar-refractivity contribution in [3.05, 3.63) is 34.9 Å². The average molecular weight is 784 g/mol. The van der Waals surface area contributed by atoms with Gasteiger partial charge in [-0.05, 0) is 101 Å². The molecule has 10 nitrogen and oxygen atoms in total. The van der Waals surface area contributed by atoms with Gasteiger partial charge in [0, 0.05) is 24.7 Å². The Morgan fingerprint density at radius 1 is 0.812 bits per heavy atom. The van der Waals surface area contributed by atoms with Crippen LogP contribution in [0.4, 0.5) is 4.39 Å². The summed E-state index contributed by atoms with van der Waals surface area (Å²) in [6.45, 7) is 3.24. The third kappa shape index (κ3) is 14.1. The van der Waals surface area contributed by atoms with Gasteiger partial charge < -0.3 is 31.3 Å². The summed E-state index contributed by atoms with van der Waals surface area (Å²) in [7, 11) is 0. The van der Waals surface area contributed by atoms with Gasteiger partial charge in [-0.15, -0.1) is 11.6 Å². The van der Waals surface area contributed by atoms with Crippen molar-refractivity contribution in [3.8, 4) is 0 Å². The van der Waals surface area contributed by atoms with Crippen molar-refractivity contribution in [3.63, 3.8) is 0 Å². The minimum atomic E-state index is -1.89. The van der Waals surface area contributed by atoms with E-state index in [1.807, 2.05) is 29.2 Å². The van der Waals surface area contributed by atoms with E-state index in [9.17, 15) is 23.6 Å². The summed E-state index contributed by atoms with van der Waals surface area (Å²) in [5.74, 6) is -2.76. The molecule has 0 bridgehead atoms. The number of amides is 1. The van der Waals surface area contributed by atoms with Crippen LogP contribution in [0.25, 0.3) is 0 Å². The summed E-state index contributed by atoms with van der Waals surface area (Å²) >= 11 is 14.8. The number of aliphatic carboxylic acids is 3. The molecule has 0 unspecified atom stereocenters. The van der Waals surface area contributed by atoms with Gasteiger partial charge in [0.15, 0.2) is 0 Å². The lowest BCUT2D eigenvalue weighted by Crippen LogP contribution is -2.46. The Bertz CT molecular complexity index is 1090. The highest BCUT2D eigenvalue weighted by Gasteiger charge is 2.41. The van der Waals surface area contributed by atoms with Crippen molar-refractivity contribution in [2.45, 2.75) is 130 Å². The molecule has 4 aliphatic rings. The molecule has 3 aliphatic carbocycles. The summed E-state index contributed by atoms with van der Waals surface area (Å²) in [6, 6.07) is 7.36. The van der Waals surface area contributed by atoms with E-state index in [1.165, 1.54) is 12.0 Å². The maximum Gasteiger partial charge on any atom is 0.341 e. The lowest BCUT2D eigenvalue weighted by molar-refractivity contribution is -0.150. The number of benzene rings is 1. The largest absolute Gasteiger partial charge is 0.480 e. The fourth-order valence-electron chi connectivity index (χ4n) is 6.01. The smallest absolute Gasteiger partial charge is 0.341 e. The average Bonchev–Trinajstić information content (AvgIpc) is 3.84. The van der Waals surface area contributed by atoms with E-state index in [4.69, 9.17) is 44.3 Å². The molecule has 0 radical (unpaired) electrons. The number of carboxylic acid groups (broad SMARTS) is 3. The first-order valence-electron chi connectivity index (χ1n) is 16.9. The molecule has 3 saturated carbocycles. The highest BCUT2D eigenvalue weighted by molar-refractivity contribution is 9.10. The Labute approximate surface area is 301 Å². The SMILES string of the molecule is N[C@@H](CCNCc1ccc(Cl)cc1)C(=O)N1CCCCC1.O=C(O)C1(Br)CCCC1.O=C(O)C1(Cl)CCCC1.O=C(O)C1(F)CCCC1. The standard InChI is InChI=1S/C16H24ClN3O.C6H9BrO2.C6H9ClO2.C6H9FO2/c17-14-6-4-13(5-7-14)12-19-9-8-15(18)16(21)20-10-2-1-3-11-20;3*7-6(5(8)9)3-1-2-4-6/h4-7,15,19H,1-3,8-12,18H2;3*1-4H2,(H,8,9)/t15-;;;/m0.../s1. The van der Waals surface area contributed by atoms with Gasteiger partial charge >= 0.3 is 17.9 Å². The molecular formula is C34H51BrCl2FN3O7. The van der Waals surface area contributed by atoms with Crippen LogP contribution in [-0.4, -0.2) is 84.6 Å². The van der Waals surface area contributed by atoms with Crippen molar-refractivity contribution in [1.29, 1.82) is 0 Å². The normalized spacial score (nSPS) is 20.9. The molecule has 6 N–H and O–H groups in total. The Kier molecular flexibility index (Phi) is 18.1. The molecule has 1 aliphatic heterocycles. The van der Waals surface area contributed by atoms with Crippen LogP contribution in [0.2, 0.25) is 5.02 Å². The van der Waals surface area contributed by atoms with Crippen LogP contribution in [0.3, 0.4) is 0 Å². The van der Waals surface area contributed by atoms with Crippen molar-refractivity contribution >= 4 is 62.9 Å². The number of likely N-dealkylation sites (tertiary alicyclic amines) is 1. The molecule has 4 fully saturated rings. The summed E-state index contributed by atoms with van der Waals surface area (Å²) in [6.07, 6.45) is 12.7. The van der Waals surface area contributed by atoms with E-state index >= 15 is 0 Å². The topological polar surface area (TPSA) is 170 Å². The van der Waals surface area contributed by atoms with Gasteiger partial charge in [0.1, 0.15) is 9.20 Å². The fourth-order valence-corrected chi connectivity index (χ4v) is 6.97. The van der Waals surface area contributed by atoms with Gasteiger partial charge in [-0.2, -0.15) is 0 Å². The number of nitrogens with one attached hydrogen (secondary N) is 1. The van der Waals surface area contributed by atoms with E-state index in [2.05, 4.69) is 21.2 Å². The highest BCUT2D eigenvalue weighted by atomic mass is 79.9. The van der Waals surface area contributed by atoms with Crippen LogP contribution in [0.5, 0.6) is 0 Å². The van der Waals surface area contributed by atoms with Crippen LogP contribution in [0.1, 0.15) is 108 Å². The molecule has 1 heterocycles. The van der Waals surface area contributed by atoms with Gasteiger partial charge in [-0.3, -0.25) is 14.4 Å². The molecule has 1 aromatic carbocycles. The molecular weight excluding hydrogens is 732 g/mol. The van der Waals surface area contributed by atoms with E-state index in [-0.39, 0.29) is 24.8 Å². The van der Waals surface area contributed by atoms with Crippen LogP contribution >= 0.6 is 39.1 Å². The van der Waals surface area contributed by atoms with Gasteiger partial charge in [0.05, 0.1) is 6.04 Å². The van der Waals surface area contributed by atoms with Crippen LogP contribution in [0.15, 0.2) is 24.3 Å². The van der Waals surface area contributed by atoms with E-state index < -0.39 is 32.8 Å². The Balaban J connectivity index is 0.000000246. The van der Waals surface area contributed by atoms with E-state index in [0.717, 1.165) is 82.6 Å². The second-order valence-electron chi connectivity index (χ2n) is 13.0. The minimum absolute atomic E-state index is 0.1000. The molecule has 0 spiro atoms. The third-order valence-corrected chi connectivity index (χ3v) is 11.1.